The van der Waals surface area contributed by atoms with E-state index in [1.165, 1.54) is 0 Å². The monoisotopic (exact) mass is 244 g/mol. The molecule has 0 spiro atoms. The molecule has 4 atom stereocenters. The Morgan fingerprint density at radius 1 is 1.40 bits per heavy atom. The van der Waals surface area contributed by atoms with Gasteiger partial charge in [-0.2, -0.15) is 0 Å². The summed E-state index contributed by atoms with van der Waals surface area (Å²) in [5.74, 6) is 0. The Morgan fingerprint density at radius 2 is 1.93 bits per heavy atom. The van der Waals surface area contributed by atoms with Crippen LogP contribution in [0.3, 0.4) is 0 Å². The summed E-state index contributed by atoms with van der Waals surface area (Å²) in [6.45, 7) is -0.756. The van der Waals surface area contributed by atoms with Gasteiger partial charge < -0.3 is 25.0 Å². The van der Waals surface area contributed by atoms with Crippen LogP contribution in [0.2, 0.25) is 0 Å². The summed E-state index contributed by atoms with van der Waals surface area (Å²) in [7, 11) is -3.33. The first-order valence-corrected chi connectivity index (χ1v) is 5.36. The maximum absolute atomic E-state index is 10.7. The maximum Gasteiger partial charge on any atom is 0.472 e. The number of hydrogen-bond acceptors (Lipinski definition) is 7. The molecule has 0 aliphatic rings. The molecule has 0 aromatic heterocycles. The van der Waals surface area contributed by atoms with Gasteiger partial charge >= 0.3 is 7.82 Å². The predicted molar refractivity (Wildman–Crippen MR) is 46.9 cm³/mol. The molecule has 0 aliphatic carbocycles. The van der Waals surface area contributed by atoms with Crippen molar-refractivity contribution in [1.82, 2.24) is 0 Å². The first kappa shape index (κ1) is 14.7. The van der Waals surface area contributed by atoms with Crippen LogP contribution in [0.25, 0.3) is 0 Å². The molecule has 0 aromatic carbocycles. The number of carbonyl (C=O) groups is 1. The second-order valence-corrected chi connectivity index (χ2v) is 4.19. The van der Waals surface area contributed by atoms with Gasteiger partial charge in [0.15, 0.2) is 6.29 Å². The van der Waals surface area contributed by atoms with Gasteiger partial charge in [-0.3, -0.25) is 9.05 Å². The summed E-state index contributed by atoms with van der Waals surface area (Å²) in [6.07, 6.45) is -5.24. The molecule has 0 aliphatic heterocycles. The SMILES string of the molecule is COP(=O)(O)OC[C@@H](O)[C@@H](O)[C@@H](O)C=O. The molecule has 0 saturated carbocycles. The standard InChI is InChI=1S/C6H13O8P/c1-13-15(11,12)14-3-5(9)6(10)4(8)2-7/h2,4-6,8-10H,3H2,1H3,(H,11,12)/t4-,5+,6-/m0/s1. The molecule has 0 bridgehead atoms. The van der Waals surface area contributed by atoms with Crippen molar-refractivity contribution in [3.8, 4) is 0 Å². The van der Waals surface area contributed by atoms with Crippen LogP contribution in [0.1, 0.15) is 0 Å². The minimum atomic E-state index is -4.25. The molecule has 0 fully saturated rings. The van der Waals surface area contributed by atoms with Crippen LogP contribution in [0.4, 0.5) is 0 Å². The molecule has 0 rings (SSSR count). The van der Waals surface area contributed by atoms with Crippen molar-refractivity contribution in [2.45, 2.75) is 18.3 Å². The molecular weight excluding hydrogens is 231 g/mol. The average molecular weight is 244 g/mol. The number of phosphoric ester groups is 1. The molecule has 0 amide bonds. The van der Waals surface area contributed by atoms with E-state index in [9.17, 15) is 9.36 Å². The Hall–Kier alpha value is -0.340. The van der Waals surface area contributed by atoms with E-state index < -0.39 is 32.7 Å². The van der Waals surface area contributed by atoms with E-state index in [-0.39, 0.29) is 6.29 Å². The highest BCUT2D eigenvalue weighted by Gasteiger charge is 2.28. The van der Waals surface area contributed by atoms with Gasteiger partial charge in [-0.1, -0.05) is 0 Å². The summed E-state index contributed by atoms with van der Waals surface area (Å²) in [4.78, 5) is 18.8. The fourth-order valence-electron chi connectivity index (χ4n) is 0.630. The van der Waals surface area contributed by atoms with Crippen molar-refractivity contribution in [3.05, 3.63) is 0 Å². The lowest BCUT2D eigenvalue weighted by Gasteiger charge is -2.19. The zero-order chi connectivity index (χ0) is 12.1. The van der Waals surface area contributed by atoms with Gasteiger partial charge in [0.25, 0.3) is 0 Å². The van der Waals surface area contributed by atoms with Crippen molar-refractivity contribution < 1.29 is 38.6 Å². The zero-order valence-electron chi connectivity index (χ0n) is 7.89. The molecule has 15 heavy (non-hydrogen) atoms. The van der Waals surface area contributed by atoms with Crippen LogP contribution in [0.5, 0.6) is 0 Å². The van der Waals surface area contributed by atoms with E-state index in [0.717, 1.165) is 7.11 Å². The molecular formula is C6H13O8P. The van der Waals surface area contributed by atoms with E-state index in [1.54, 1.807) is 0 Å². The van der Waals surface area contributed by atoms with E-state index >= 15 is 0 Å². The lowest BCUT2D eigenvalue weighted by molar-refractivity contribution is -0.127. The summed E-state index contributed by atoms with van der Waals surface area (Å²) in [6, 6.07) is 0. The highest BCUT2D eigenvalue weighted by Crippen LogP contribution is 2.41. The third-order valence-electron chi connectivity index (χ3n) is 1.52. The van der Waals surface area contributed by atoms with Crippen LogP contribution in [0, 0.1) is 0 Å². The summed E-state index contributed by atoms with van der Waals surface area (Å²) >= 11 is 0. The predicted octanol–water partition coefficient (Wildman–Crippen LogP) is -1.97. The Balaban J connectivity index is 4.09. The molecule has 4 N–H and O–H groups in total. The molecule has 0 aromatic rings. The molecule has 0 heterocycles. The van der Waals surface area contributed by atoms with Crippen molar-refractivity contribution >= 4 is 14.1 Å². The van der Waals surface area contributed by atoms with E-state index in [4.69, 9.17) is 20.2 Å². The molecule has 8 nitrogen and oxygen atoms in total. The fourth-order valence-corrected chi connectivity index (χ4v) is 1.08. The summed E-state index contributed by atoms with van der Waals surface area (Å²) < 4.78 is 19.0. The van der Waals surface area contributed by atoms with Gasteiger partial charge in [-0.15, -0.1) is 0 Å². The van der Waals surface area contributed by atoms with Crippen LogP contribution in [0.15, 0.2) is 0 Å². The quantitative estimate of drug-likeness (QED) is 0.299. The van der Waals surface area contributed by atoms with Gasteiger partial charge in [0, 0.05) is 7.11 Å². The number of carbonyl (C=O) groups excluding carboxylic acids is 1. The van der Waals surface area contributed by atoms with Crippen molar-refractivity contribution in [1.29, 1.82) is 0 Å². The number of phosphoric acid groups is 1. The highest BCUT2D eigenvalue weighted by atomic mass is 31.2. The van der Waals surface area contributed by atoms with Gasteiger partial charge in [-0.25, -0.2) is 4.57 Å². The van der Waals surface area contributed by atoms with Gasteiger partial charge in [0.2, 0.25) is 0 Å². The van der Waals surface area contributed by atoms with E-state index in [1.807, 2.05) is 0 Å². The third kappa shape index (κ3) is 5.33. The lowest BCUT2D eigenvalue weighted by atomic mass is 10.1. The number of aliphatic hydroxyl groups excluding tert-OH is 3. The largest absolute Gasteiger partial charge is 0.472 e. The Bertz CT molecular complexity index is 243. The first-order valence-electron chi connectivity index (χ1n) is 3.86. The third-order valence-corrected chi connectivity index (χ3v) is 2.46. The number of aldehydes is 1. The van der Waals surface area contributed by atoms with Crippen LogP contribution >= 0.6 is 7.82 Å². The van der Waals surface area contributed by atoms with Gasteiger partial charge in [-0.05, 0) is 0 Å². The lowest BCUT2D eigenvalue weighted by Crippen LogP contribution is -2.40. The fraction of sp³-hybridized carbons (Fsp3) is 0.833. The second kappa shape index (κ2) is 6.29. The Morgan fingerprint density at radius 3 is 2.33 bits per heavy atom. The minimum Gasteiger partial charge on any atom is -0.388 e. The molecule has 0 saturated heterocycles. The zero-order valence-corrected chi connectivity index (χ0v) is 8.78. The number of aliphatic hydroxyl groups is 3. The molecule has 90 valence electrons. The van der Waals surface area contributed by atoms with Crippen molar-refractivity contribution in [3.63, 3.8) is 0 Å². The average Bonchev–Trinajstić information content (AvgIpc) is 2.23. The molecule has 9 heteroatoms. The smallest absolute Gasteiger partial charge is 0.388 e. The van der Waals surface area contributed by atoms with Crippen molar-refractivity contribution in [2.24, 2.45) is 0 Å². The topological polar surface area (TPSA) is 134 Å². The number of rotatable bonds is 7. The van der Waals surface area contributed by atoms with Crippen LogP contribution in [-0.4, -0.2) is 58.5 Å². The summed E-state index contributed by atoms with van der Waals surface area (Å²) in [5, 5.41) is 26.9. The van der Waals surface area contributed by atoms with Crippen molar-refractivity contribution in [2.75, 3.05) is 13.7 Å². The highest BCUT2D eigenvalue weighted by molar-refractivity contribution is 7.47. The summed E-state index contributed by atoms with van der Waals surface area (Å²) in [5.41, 5.74) is 0. The minimum absolute atomic E-state index is 0.0166. The van der Waals surface area contributed by atoms with E-state index in [2.05, 4.69) is 9.05 Å². The van der Waals surface area contributed by atoms with Gasteiger partial charge in [0.05, 0.1) is 6.61 Å². The first-order chi connectivity index (χ1) is 6.84. The van der Waals surface area contributed by atoms with Crippen LogP contribution < -0.4 is 0 Å². The number of hydrogen-bond donors (Lipinski definition) is 4. The van der Waals surface area contributed by atoms with Crippen LogP contribution in [-0.2, 0) is 18.4 Å². The Labute approximate surface area is 85.7 Å². The van der Waals surface area contributed by atoms with Gasteiger partial charge in [0.1, 0.15) is 18.3 Å². The molecule has 0 radical (unpaired) electrons. The van der Waals surface area contributed by atoms with E-state index in [0.29, 0.717) is 0 Å². The normalized spacial score (nSPS) is 21.4. The Kier molecular flexibility index (Phi) is 6.15. The maximum atomic E-state index is 10.7. The second-order valence-electron chi connectivity index (χ2n) is 2.63. The molecule has 1 unspecified atom stereocenters.